The molecule has 1 rings (SSSR count). The third kappa shape index (κ3) is 5.24. The Morgan fingerprint density at radius 3 is 2.90 bits per heavy atom. The Bertz CT molecular complexity index is 561. The molecule has 2 amide bonds. The zero-order valence-corrected chi connectivity index (χ0v) is 12.2. The van der Waals surface area contributed by atoms with Gasteiger partial charge in [0.05, 0.1) is 17.7 Å². The van der Waals surface area contributed by atoms with E-state index in [1.165, 1.54) is 17.3 Å². The van der Waals surface area contributed by atoms with Crippen LogP contribution in [0.2, 0.25) is 0 Å². The summed E-state index contributed by atoms with van der Waals surface area (Å²) in [4.78, 5) is 29.2. The number of carbonyl (C=O) groups excluding carboxylic acids is 2. The van der Waals surface area contributed by atoms with Gasteiger partial charge in [-0.25, -0.2) is 0 Å². The van der Waals surface area contributed by atoms with Crippen molar-refractivity contribution in [2.24, 2.45) is 0 Å². The Morgan fingerprint density at radius 2 is 2.24 bits per heavy atom. The first-order chi connectivity index (χ1) is 10.1. The van der Waals surface area contributed by atoms with Crippen LogP contribution in [0.25, 0.3) is 0 Å². The molecule has 21 heavy (non-hydrogen) atoms. The maximum absolute atomic E-state index is 12.3. The zero-order chi connectivity index (χ0) is 15.7. The molecular formula is C15H19N3O3. The second-order valence-electron chi connectivity index (χ2n) is 4.39. The maximum Gasteiger partial charge on any atom is 0.255 e. The molecule has 1 heterocycles. The molecule has 1 aromatic heterocycles. The maximum atomic E-state index is 12.3. The lowest BCUT2D eigenvalue weighted by atomic mass is 10.1. The van der Waals surface area contributed by atoms with E-state index in [0.717, 1.165) is 6.42 Å². The fourth-order valence-electron chi connectivity index (χ4n) is 1.63. The van der Waals surface area contributed by atoms with Gasteiger partial charge in [-0.15, -0.1) is 0 Å². The topological polar surface area (TPSA) is 82.5 Å². The second-order valence-corrected chi connectivity index (χ2v) is 4.39. The summed E-state index contributed by atoms with van der Waals surface area (Å²) in [6.45, 7) is 2.23. The van der Waals surface area contributed by atoms with Crippen molar-refractivity contribution in [3.8, 4) is 11.8 Å². The van der Waals surface area contributed by atoms with Crippen LogP contribution in [0.15, 0.2) is 18.5 Å². The summed E-state index contributed by atoms with van der Waals surface area (Å²) in [6.07, 6.45) is 3.79. The second kappa shape index (κ2) is 8.72. The third-order valence-corrected chi connectivity index (χ3v) is 2.65. The quantitative estimate of drug-likeness (QED) is 0.749. The molecule has 0 fully saturated rings. The molecule has 112 valence electrons. The number of aliphatic hydroxyl groups is 1. The lowest BCUT2D eigenvalue weighted by molar-refractivity contribution is -0.121. The van der Waals surface area contributed by atoms with E-state index in [-0.39, 0.29) is 25.0 Å². The number of likely N-dealkylation sites (N-methyl/N-ethyl adjacent to an activating group) is 1. The average molecular weight is 289 g/mol. The van der Waals surface area contributed by atoms with Gasteiger partial charge in [-0.2, -0.15) is 0 Å². The molecule has 0 atom stereocenters. The van der Waals surface area contributed by atoms with E-state index < -0.39 is 0 Å². The van der Waals surface area contributed by atoms with Gasteiger partial charge >= 0.3 is 0 Å². The lowest BCUT2D eigenvalue weighted by Crippen LogP contribution is -2.38. The highest BCUT2D eigenvalue weighted by molar-refractivity contribution is 5.98. The number of hydrogen-bond acceptors (Lipinski definition) is 4. The number of nitrogens with zero attached hydrogens (tertiary/aromatic N) is 2. The van der Waals surface area contributed by atoms with Gasteiger partial charge in [-0.1, -0.05) is 18.8 Å². The SMILES string of the molecule is CCCNC(=O)CN(C)C(=O)c1ccncc1C#CCO. The largest absolute Gasteiger partial charge is 0.384 e. The number of pyridine rings is 1. The molecule has 2 N–H and O–H groups in total. The van der Waals surface area contributed by atoms with Crippen molar-refractivity contribution in [2.75, 3.05) is 26.7 Å². The minimum absolute atomic E-state index is 0.0198. The summed E-state index contributed by atoms with van der Waals surface area (Å²) in [6, 6.07) is 1.55. The minimum Gasteiger partial charge on any atom is -0.384 e. The predicted molar refractivity (Wildman–Crippen MR) is 78.5 cm³/mol. The Balaban J connectivity index is 2.81. The smallest absolute Gasteiger partial charge is 0.255 e. The minimum atomic E-state index is -0.314. The molecule has 1 aromatic rings. The van der Waals surface area contributed by atoms with Crippen LogP contribution >= 0.6 is 0 Å². The van der Waals surface area contributed by atoms with Gasteiger partial charge in [0.25, 0.3) is 5.91 Å². The highest BCUT2D eigenvalue weighted by Crippen LogP contribution is 2.08. The number of nitrogens with one attached hydrogen (secondary N) is 1. The van der Waals surface area contributed by atoms with Gasteiger partial charge in [-0.3, -0.25) is 14.6 Å². The van der Waals surface area contributed by atoms with Crippen molar-refractivity contribution >= 4 is 11.8 Å². The molecule has 0 spiro atoms. The highest BCUT2D eigenvalue weighted by Gasteiger charge is 2.17. The van der Waals surface area contributed by atoms with Crippen LogP contribution in [0, 0.1) is 11.8 Å². The Kier molecular flexibility index (Phi) is 6.92. The van der Waals surface area contributed by atoms with Gasteiger partial charge in [0.2, 0.25) is 5.91 Å². The molecule has 0 unspecified atom stereocenters. The van der Waals surface area contributed by atoms with Crippen LogP contribution in [-0.4, -0.2) is 53.5 Å². The fourth-order valence-corrected chi connectivity index (χ4v) is 1.63. The van der Waals surface area contributed by atoms with Crippen molar-refractivity contribution < 1.29 is 14.7 Å². The molecule has 0 bridgehead atoms. The first kappa shape index (κ1) is 16.7. The molecular weight excluding hydrogens is 270 g/mol. The molecule has 0 aromatic carbocycles. The van der Waals surface area contributed by atoms with Crippen LogP contribution in [0.4, 0.5) is 0 Å². The van der Waals surface area contributed by atoms with Crippen molar-refractivity contribution in [3.05, 3.63) is 29.6 Å². The van der Waals surface area contributed by atoms with Crippen molar-refractivity contribution in [2.45, 2.75) is 13.3 Å². The summed E-state index contributed by atoms with van der Waals surface area (Å²) in [5.74, 6) is 4.64. The third-order valence-electron chi connectivity index (χ3n) is 2.65. The normalized spacial score (nSPS) is 9.48. The summed E-state index contributed by atoms with van der Waals surface area (Å²) in [7, 11) is 1.55. The van der Waals surface area contributed by atoms with Gasteiger partial charge in [-0.05, 0) is 12.5 Å². The summed E-state index contributed by atoms with van der Waals surface area (Å²) < 4.78 is 0. The van der Waals surface area contributed by atoms with Crippen LogP contribution in [0.1, 0.15) is 29.3 Å². The van der Waals surface area contributed by atoms with Gasteiger partial charge in [0.1, 0.15) is 6.61 Å². The van der Waals surface area contributed by atoms with E-state index >= 15 is 0 Å². The van der Waals surface area contributed by atoms with E-state index in [0.29, 0.717) is 17.7 Å². The number of carbonyl (C=O) groups is 2. The number of hydrogen-bond donors (Lipinski definition) is 2. The van der Waals surface area contributed by atoms with Crippen molar-refractivity contribution in [1.29, 1.82) is 0 Å². The lowest BCUT2D eigenvalue weighted by Gasteiger charge is -2.17. The van der Waals surface area contributed by atoms with Crippen LogP contribution in [0.5, 0.6) is 0 Å². The Labute approximate surface area is 124 Å². The van der Waals surface area contributed by atoms with Gasteiger partial charge in [0.15, 0.2) is 0 Å². The van der Waals surface area contributed by atoms with Gasteiger partial charge in [0, 0.05) is 26.0 Å². The molecule has 6 heteroatoms. The Hall–Kier alpha value is -2.39. The molecule has 0 aliphatic rings. The Morgan fingerprint density at radius 1 is 1.48 bits per heavy atom. The van der Waals surface area contributed by atoms with E-state index in [2.05, 4.69) is 22.1 Å². The van der Waals surface area contributed by atoms with E-state index in [1.54, 1.807) is 13.1 Å². The fraction of sp³-hybridized carbons (Fsp3) is 0.400. The molecule has 0 saturated heterocycles. The van der Waals surface area contributed by atoms with Crippen LogP contribution in [-0.2, 0) is 4.79 Å². The van der Waals surface area contributed by atoms with E-state index in [1.807, 2.05) is 6.92 Å². The molecule has 0 aliphatic carbocycles. The average Bonchev–Trinajstić information content (AvgIpc) is 2.50. The summed E-state index contributed by atoms with van der Waals surface area (Å²) in [5.41, 5.74) is 0.786. The highest BCUT2D eigenvalue weighted by atomic mass is 16.2. The van der Waals surface area contributed by atoms with Crippen molar-refractivity contribution in [3.63, 3.8) is 0 Å². The predicted octanol–water partition coefficient (Wildman–Crippen LogP) is 0.0236. The number of rotatable bonds is 5. The molecule has 0 radical (unpaired) electrons. The number of amides is 2. The zero-order valence-electron chi connectivity index (χ0n) is 12.2. The molecule has 0 aliphatic heterocycles. The summed E-state index contributed by atoms with van der Waals surface area (Å²) in [5, 5.41) is 11.4. The molecule has 0 saturated carbocycles. The monoisotopic (exact) mass is 289 g/mol. The van der Waals surface area contributed by atoms with Crippen LogP contribution < -0.4 is 5.32 Å². The standard InChI is InChI=1S/C15H19N3O3/c1-3-7-17-14(20)11-18(2)15(21)13-6-8-16-10-12(13)5-4-9-19/h6,8,10,19H,3,7,9,11H2,1-2H3,(H,17,20). The summed E-state index contributed by atoms with van der Waals surface area (Å²) >= 11 is 0. The number of aliphatic hydroxyl groups excluding tert-OH is 1. The van der Waals surface area contributed by atoms with E-state index in [4.69, 9.17) is 5.11 Å². The molecule has 6 nitrogen and oxygen atoms in total. The number of aromatic nitrogens is 1. The van der Waals surface area contributed by atoms with Crippen molar-refractivity contribution in [1.82, 2.24) is 15.2 Å². The first-order valence-electron chi connectivity index (χ1n) is 6.66. The van der Waals surface area contributed by atoms with Gasteiger partial charge < -0.3 is 15.3 Å². The van der Waals surface area contributed by atoms with E-state index in [9.17, 15) is 9.59 Å². The van der Waals surface area contributed by atoms with Crippen LogP contribution in [0.3, 0.4) is 0 Å². The first-order valence-corrected chi connectivity index (χ1v) is 6.66.